The van der Waals surface area contributed by atoms with Crippen molar-refractivity contribution in [2.45, 2.75) is 31.8 Å². The lowest BCUT2D eigenvalue weighted by atomic mass is 9.93. The van der Waals surface area contributed by atoms with Crippen LogP contribution < -0.4 is 5.32 Å². The maximum atomic E-state index is 12.6. The van der Waals surface area contributed by atoms with Gasteiger partial charge in [-0.2, -0.15) is 0 Å². The summed E-state index contributed by atoms with van der Waals surface area (Å²) in [4.78, 5) is 25.3. The molecule has 5 nitrogen and oxygen atoms in total. The Morgan fingerprint density at radius 1 is 1.14 bits per heavy atom. The van der Waals surface area contributed by atoms with Gasteiger partial charge in [-0.05, 0) is 30.4 Å². The number of carbonyl (C=O) groups is 2. The molecule has 1 fully saturated rings. The number of piperidine rings is 1. The zero-order chi connectivity index (χ0) is 14.8. The summed E-state index contributed by atoms with van der Waals surface area (Å²) in [5, 5.41) is 12.3. The van der Waals surface area contributed by atoms with Crippen molar-refractivity contribution < 1.29 is 14.7 Å². The Kier molecular flexibility index (Phi) is 3.92. The highest BCUT2D eigenvalue weighted by Crippen LogP contribution is 2.21. The first-order valence-corrected chi connectivity index (χ1v) is 7.47. The highest BCUT2D eigenvalue weighted by Gasteiger charge is 2.32. The number of hydrogen-bond donors (Lipinski definition) is 2. The number of carboxylic acid groups (broad SMARTS) is 1. The average molecular weight is 288 g/mol. The monoisotopic (exact) mass is 288 g/mol. The molecular formula is C16H20N2O3. The molecule has 0 saturated carbocycles. The Labute approximate surface area is 123 Å². The molecule has 5 heteroatoms. The molecular weight excluding hydrogens is 268 g/mol. The number of hydrogen-bond acceptors (Lipinski definition) is 3. The highest BCUT2D eigenvalue weighted by molar-refractivity contribution is 5.83. The molecule has 1 aromatic rings. The van der Waals surface area contributed by atoms with Crippen LogP contribution in [-0.2, 0) is 22.6 Å². The van der Waals surface area contributed by atoms with Crippen LogP contribution >= 0.6 is 0 Å². The van der Waals surface area contributed by atoms with Crippen LogP contribution in [0.5, 0.6) is 0 Å². The predicted octanol–water partition coefficient (Wildman–Crippen LogP) is 1.02. The molecule has 2 aliphatic heterocycles. The van der Waals surface area contributed by atoms with Gasteiger partial charge in [0.2, 0.25) is 5.91 Å². The van der Waals surface area contributed by atoms with Gasteiger partial charge in [-0.25, -0.2) is 0 Å². The van der Waals surface area contributed by atoms with E-state index < -0.39 is 5.97 Å². The van der Waals surface area contributed by atoms with E-state index in [1.54, 1.807) is 0 Å². The fourth-order valence-corrected chi connectivity index (χ4v) is 3.20. The summed E-state index contributed by atoms with van der Waals surface area (Å²) in [6.45, 7) is 1.82. The van der Waals surface area contributed by atoms with E-state index in [4.69, 9.17) is 5.11 Å². The standard InChI is InChI=1S/C16H20N2O3/c19-15(18-7-5-11(6-8-18)16(20)21)14-9-12-3-1-2-4-13(12)10-17-14/h1-4,11,14,17H,5-10H2,(H,20,21)/t14-/m1/s1. The zero-order valence-corrected chi connectivity index (χ0v) is 11.9. The third-order valence-corrected chi connectivity index (χ3v) is 4.54. The van der Waals surface area contributed by atoms with Gasteiger partial charge in [0.15, 0.2) is 0 Å². The van der Waals surface area contributed by atoms with Crippen molar-refractivity contribution >= 4 is 11.9 Å². The van der Waals surface area contributed by atoms with E-state index in [0.717, 1.165) is 6.54 Å². The fourth-order valence-electron chi connectivity index (χ4n) is 3.20. The molecule has 2 aliphatic rings. The van der Waals surface area contributed by atoms with Crippen LogP contribution in [0.3, 0.4) is 0 Å². The van der Waals surface area contributed by atoms with Gasteiger partial charge in [0, 0.05) is 19.6 Å². The lowest BCUT2D eigenvalue weighted by molar-refractivity contribution is -0.146. The maximum Gasteiger partial charge on any atom is 0.306 e. The van der Waals surface area contributed by atoms with Crippen LogP contribution in [0.4, 0.5) is 0 Å². The summed E-state index contributed by atoms with van der Waals surface area (Å²) in [5.74, 6) is -0.936. The molecule has 0 aromatic heterocycles. The van der Waals surface area contributed by atoms with Gasteiger partial charge in [0.25, 0.3) is 0 Å². The van der Waals surface area contributed by atoms with Crippen LogP contribution in [0.1, 0.15) is 24.0 Å². The van der Waals surface area contributed by atoms with Gasteiger partial charge in [-0.1, -0.05) is 24.3 Å². The molecule has 2 N–H and O–H groups in total. The Morgan fingerprint density at radius 2 is 1.81 bits per heavy atom. The second-order valence-corrected chi connectivity index (χ2v) is 5.84. The van der Waals surface area contributed by atoms with E-state index in [1.165, 1.54) is 11.1 Å². The molecule has 0 bridgehead atoms. The number of carboxylic acids is 1. The number of aliphatic carboxylic acids is 1. The average Bonchev–Trinajstić information content (AvgIpc) is 2.54. The quantitative estimate of drug-likeness (QED) is 0.852. The number of amides is 1. The van der Waals surface area contributed by atoms with Crippen molar-refractivity contribution in [1.29, 1.82) is 0 Å². The lowest BCUT2D eigenvalue weighted by Gasteiger charge is -2.34. The molecule has 0 aliphatic carbocycles. The van der Waals surface area contributed by atoms with Crippen molar-refractivity contribution in [2.24, 2.45) is 5.92 Å². The summed E-state index contributed by atoms with van der Waals surface area (Å²) in [6, 6.07) is 8.00. The summed E-state index contributed by atoms with van der Waals surface area (Å²) in [5.41, 5.74) is 2.49. The van der Waals surface area contributed by atoms with Crippen molar-refractivity contribution in [2.75, 3.05) is 13.1 Å². The summed E-state index contributed by atoms with van der Waals surface area (Å²) < 4.78 is 0. The van der Waals surface area contributed by atoms with Crippen LogP contribution in [0.25, 0.3) is 0 Å². The summed E-state index contributed by atoms with van der Waals surface area (Å²) in [7, 11) is 0. The second-order valence-electron chi connectivity index (χ2n) is 5.84. The first kappa shape index (κ1) is 14.1. The van der Waals surface area contributed by atoms with E-state index in [-0.39, 0.29) is 17.9 Å². The Morgan fingerprint density at radius 3 is 2.48 bits per heavy atom. The minimum atomic E-state index is -0.744. The van der Waals surface area contributed by atoms with Gasteiger partial charge in [0.05, 0.1) is 12.0 Å². The SMILES string of the molecule is O=C(O)C1CCN(C(=O)[C@H]2Cc3ccccc3CN2)CC1. The number of likely N-dealkylation sites (tertiary alicyclic amines) is 1. The number of nitrogens with zero attached hydrogens (tertiary/aromatic N) is 1. The third-order valence-electron chi connectivity index (χ3n) is 4.54. The van der Waals surface area contributed by atoms with E-state index >= 15 is 0 Å². The van der Waals surface area contributed by atoms with Gasteiger partial charge < -0.3 is 15.3 Å². The van der Waals surface area contributed by atoms with Crippen LogP contribution in [0.2, 0.25) is 0 Å². The molecule has 21 heavy (non-hydrogen) atoms. The molecule has 3 rings (SSSR count). The van der Waals surface area contributed by atoms with Crippen molar-refractivity contribution in [3.8, 4) is 0 Å². The Bertz CT molecular complexity index is 550. The molecule has 1 saturated heterocycles. The largest absolute Gasteiger partial charge is 0.481 e. The van der Waals surface area contributed by atoms with Gasteiger partial charge >= 0.3 is 5.97 Å². The topological polar surface area (TPSA) is 69.6 Å². The second kappa shape index (κ2) is 5.85. The summed E-state index contributed by atoms with van der Waals surface area (Å²) >= 11 is 0. The fraction of sp³-hybridized carbons (Fsp3) is 0.500. The number of rotatable bonds is 2. The smallest absolute Gasteiger partial charge is 0.306 e. The van der Waals surface area contributed by atoms with Crippen molar-refractivity contribution in [1.82, 2.24) is 10.2 Å². The first-order chi connectivity index (χ1) is 10.1. The van der Waals surface area contributed by atoms with Gasteiger partial charge in [-0.15, -0.1) is 0 Å². The highest BCUT2D eigenvalue weighted by atomic mass is 16.4. The Balaban J connectivity index is 1.61. The molecule has 1 atom stereocenters. The van der Waals surface area contributed by atoms with Gasteiger partial charge in [-0.3, -0.25) is 9.59 Å². The lowest BCUT2D eigenvalue weighted by Crippen LogP contribution is -2.51. The third kappa shape index (κ3) is 2.93. The molecule has 112 valence electrons. The molecule has 0 unspecified atom stereocenters. The maximum absolute atomic E-state index is 12.6. The number of nitrogens with one attached hydrogen (secondary N) is 1. The first-order valence-electron chi connectivity index (χ1n) is 7.47. The van der Waals surface area contributed by atoms with Crippen molar-refractivity contribution in [3.63, 3.8) is 0 Å². The van der Waals surface area contributed by atoms with Crippen LogP contribution in [-0.4, -0.2) is 41.0 Å². The van der Waals surface area contributed by atoms with Crippen LogP contribution in [0, 0.1) is 5.92 Å². The zero-order valence-electron chi connectivity index (χ0n) is 11.9. The van der Waals surface area contributed by atoms with E-state index in [1.807, 2.05) is 17.0 Å². The Hall–Kier alpha value is -1.88. The number of benzene rings is 1. The van der Waals surface area contributed by atoms with Crippen molar-refractivity contribution in [3.05, 3.63) is 35.4 Å². The predicted molar refractivity (Wildman–Crippen MR) is 77.7 cm³/mol. The minimum absolute atomic E-state index is 0.105. The molecule has 0 spiro atoms. The molecule has 1 amide bonds. The van der Waals surface area contributed by atoms with Gasteiger partial charge in [0.1, 0.15) is 0 Å². The number of fused-ring (bicyclic) bond motifs is 1. The van der Waals surface area contributed by atoms with E-state index in [2.05, 4.69) is 17.4 Å². The van der Waals surface area contributed by atoms with E-state index in [9.17, 15) is 9.59 Å². The van der Waals surface area contributed by atoms with E-state index in [0.29, 0.717) is 32.4 Å². The molecule has 0 radical (unpaired) electrons. The van der Waals surface area contributed by atoms with Crippen LogP contribution in [0.15, 0.2) is 24.3 Å². The molecule has 1 aromatic carbocycles. The molecule has 2 heterocycles. The normalized spacial score (nSPS) is 22.7. The summed E-state index contributed by atoms with van der Waals surface area (Å²) in [6.07, 6.45) is 1.84. The minimum Gasteiger partial charge on any atom is -0.481 e. The number of carbonyl (C=O) groups excluding carboxylic acids is 1.